The van der Waals surface area contributed by atoms with Gasteiger partial charge < -0.3 is 5.11 Å². The molecule has 1 aliphatic heterocycles. The van der Waals surface area contributed by atoms with Gasteiger partial charge in [-0.05, 0) is 6.08 Å². The van der Waals surface area contributed by atoms with Crippen LogP contribution in [0.5, 0.6) is 0 Å². The summed E-state index contributed by atoms with van der Waals surface area (Å²) in [5, 5.41) is 16.7. The van der Waals surface area contributed by atoms with E-state index in [1.807, 2.05) is 6.08 Å². The molecule has 1 heterocycles. The molecule has 50 valence electrons. The number of hydrogen-bond acceptors (Lipinski definition) is 3. The van der Waals surface area contributed by atoms with Crippen molar-refractivity contribution in [1.82, 2.24) is 0 Å². The molecule has 1 atom stereocenters. The minimum Gasteiger partial charge on any atom is -0.384 e. The van der Waals surface area contributed by atoms with Crippen molar-refractivity contribution in [3.05, 3.63) is 35.7 Å². The fraction of sp³-hybridized carbons (Fsp3) is 0.143. The van der Waals surface area contributed by atoms with Gasteiger partial charge in [-0.2, -0.15) is 10.2 Å². The van der Waals surface area contributed by atoms with Crippen molar-refractivity contribution in [1.29, 1.82) is 0 Å². The molecule has 0 saturated carbocycles. The van der Waals surface area contributed by atoms with Crippen LogP contribution in [0.4, 0.5) is 0 Å². The van der Waals surface area contributed by atoms with Crippen LogP contribution in [0.1, 0.15) is 0 Å². The predicted octanol–water partition coefficient (Wildman–Crippen LogP) is 1.15. The van der Waals surface area contributed by atoms with E-state index in [0.29, 0.717) is 0 Å². The Kier molecular flexibility index (Phi) is 1.05. The summed E-state index contributed by atoms with van der Waals surface area (Å²) < 4.78 is 0. The summed E-state index contributed by atoms with van der Waals surface area (Å²) in [6.07, 6.45) is 6.37. The molecule has 0 unspecified atom stereocenters. The molecule has 0 bridgehead atoms. The van der Waals surface area contributed by atoms with E-state index in [4.69, 9.17) is 0 Å². The Labute approximate surface area is 58.1 Å². The van der Waals surface area contributed by atoms with Crippen molar-refractivity contribution in [3.63, 3.8) is 0 Å². The number of fused-ring (bicyclic) bond motifs is 1. The number of hydrogen-bond donors (Lipinski definition) is 1. The lowest BCUT2D eigenvalue weighted by molar-refractivity contribution is 0.260. The highest BCUT2D eigenvalue weighted by Gasteiger charge is 2.17. The molecule has 2 aliphatic rings. The summed E-state index contributed by atoms with van der Waals surface area (Å²) in [7, 11) is 0. The van der Waals surface area contributed by atoms with Gasteiger partial charge in [-0.25, -0.2) is 0 Å². The first-order valence-corrected chi connectivity index (χ1v) is 3.06. The van der Waals surface area contributed by atoms with Gasteiger partial charge in [0.2, 0.25) is 0 Å². The van der Waals surface area contributed by atoms with E-state index in [2.05, 4.69) is 10.2 Å². The van der Waals surface area contributed by atoms with Crippen LogP contribution in [0.25, 0.3) is 0 Å². The summed E-state index contributed by atoms with van der Waals surface area (Å²) >= 11 is 0. The summed E-state index contributed by atoms with van der Waals surface area (Å²) in [4.78, 5) is 0. The second-order valence-corrected chi connectivity index (χ2v) is 2.18. The van der Waals surface area contributed by atoms with Crippen molar-refractivity contribution < 1.29 is 5.11 Å². The molecule has 0 aromatic carbocycles. The lowest BCUT2D eigenvalue weighted by Gasteiger charge is -2.09. The van der Waals surface area contributed by atoms with Gasteiger partial charge in [0.05, 0.1) is 11.9 Å². The van der Waals surface area contributed by atoms with Crippen LogP contribution < -0.4 is 0 Å². The summed E-state index contributed by atoms with van der Waals surface area (Å²) in [6, 6.07) is 0. The maximum Gasteiger partial charge on any atom is 0.101 e. The van der Waals surface area contributed by atoms with E-state index < -0.39 is 6.10 Å². The van der Waals surface area contributed by atoms with Crippen LogP contribution in [0.3, 0.4) is 0 Å². The van der Waals surface area contributed by atoms with Crippen LogP contribution in [0.2, 0.25) is 0 Å². The lowest BCUT2D eigenvalue weighted by atomic mass is 10.0. The predicted molar refractivity (Wildman–Crippen MR) is 36.2 cm³/mol. The molecule has 0 spiro atoms. The van der Waals surface area contributed by atoms with Crippen molar-refractivity contribution >= 4 is 0 Å². The minimum atomic E-state index is -0.519. The number of aliphatic hydroxyl groups is 1. The van der Waals surface area contributed by atoms with Crippen LogP contribution >= 0.6 is 0 Å². The average molecular weight is 134 g/mol. The largest absolute Gasteiger partial charge is 0.384 e. The van der Waals surface area contributed by atoms with Crippen LogP contribution in [0, 0.1) is 0 Å². The molecular formula is C7H6N2O. The molecule has 0 radical (unpaired) electrons. The van der Waals surface area contributed by atoms with Crippen LogP contribution in [0.15, 0.2) is 45.9 Å². The molecule has 0 fully saturated rings. The Balaban J connectivity index is 2.45. The molecule has 1 N–H and O–H groups in total. The van der Waals surface area contributed by atoms with E-state index in [1.54, 1.807) is 18.4 Å². The van der Waals surface area contributed by atoms with Gasteiger partial charge in [-0.1, -0.05) is 12.2 Å². The molecule has 2 rings (SSSR count). The number of aliphatic hydroxyl groups excluding tert-OH is 1. The molecule has 0 aromatic rings. The summed E-state index contributed by atoms with van der Waals surface area (Å²) in [5.41, 5.74) is 1.57. The Morgan fingerprint density at radius 3 is 3.20 bits per heavy atom. The van der Waals surface area contributed by atoms with E-state index >= 15 is 0 Å². The topological polar surface area (TPSA) is 45.0 Å². The second-order valence-electron chi connectivity index (χ2n) is 2.18. The Hall–Kier alpha value is -1.22. The molecule has 0 aromatic heterocycles. The average Bonchev–Trinajstić information content (AvgIpc) is 2.36. The van der Waals surface area contributed by atoms with Crippen molar-refractivity contribution in [3.8, 4) is 0 Å². The first-order chi connectivity index (χ1) is 4.88. The third-order valence-electron chi connectivity index (χ3n) is 1.52. The molecule has 0 amide bonds. The van der Waals surface area contributed by atoms with Gasteiger partial charge in [0.25, 0.3) is 0 Å². The Morgan fingerprint density at radius 2 is 2.40 bits per heavy atom. The maximum absolute atomic E-state index is 9.26. The number of nitrogens with zero attached hydrogens (tertiary/aromatic N) is 2. The first-order valence-electron chi connectivity index (χ1n) is 3.06. The monoisotopic (exact) mass is 134 g/mol. The van der Waals surface area contributed by atoms with Gasteiger partial charge in [0, 0.05) is 5.57 Å². The number of rotatable bonds is 0. The fourth-order valence-corrected chi connectivity index (χ4v) is 0.990. The normalized spacial score (nSPS) is 27.9. The fourth-order valence-electron chi connectivity index (χ4n) is 0.990. The van der Waals surface area contributed by atoms with Crippen molar-refractivity contribution in [2.24, 2.45) is 10.2 Å². The second kappa shape index (κ2) is 1.88. The zero-order chi connectivity index (χ0) is 6.97. The number of allylic oxidation sites excluding steroid dienone is 2. The summed E-state index contributed by atoms with van der Waals surface area (Å²) in [5.74, 6) is 0. The van der Waals surface area contributed by atoms with Crippen molar-refractivity contribution in [2.45, 2.75) is 6.10 Å². The number of azo groups is 1. The zero-order valence-corrected chi connectivity index (χ0v) is 5.23. The molecule has 1 aliphatic carbocycles. The van der Waals surface area contributed by atoms with Gasteiger partial charge in [0.15, 0.2) is 0 Å². The Bertz CT molecular complexity index is 273. The molecule has 10 heavy (non-hydrogen) atoms. The van der Waals surface area contributed by atoms with E-state index in [-0.39, 0.29) is 0 Å². The Morgan fingerprint density at radius 1 is 1.50 bits per heavy atom. The molecule has 3 heteroatoms. The van der Waals surface area contributed by atoms with Gasteiger partial charge in [0.1, 0.15) is 6.10 Å². The van der Waals surface area contributed by atoms with Gasteiger partial charge in [-0.15, -0.1) is 0 Å². The van der Waals surface area contributed by atoms with Gasteiger partial charge >= 0.3 is 0 Å². The highest BCUT2D eigenvalue weighted by molar-refractivity contribution is 5.43. The SMILES string of the molecule is O[C@H]1C=CC=C2N=NC=C21. The minimum absolute atomic E-state index is 0.519. The van der Waals surface area contributed by atoms with E-state index in [1.165, 1.54) is 0 Å². The first kappa shape index (κ1) is 5.56. The zero-order valence-electron chi connectivity index (χ0n) is 5.23. The van der Waals surface area contributed by atoms with Gasteiger partial charge in [-0.3, -0.25) is 0 Å². The van der Waals surface area contributed by atoms with Crippen molar-refractivity contribution in [2.75, 3.05) is 0 Å². The smallest absolute Gasteiger partial charge is 0.101 e. The molecule has 3 nitrogen and oxygen atoms in total. The maximum atomic E-state index is 9.26. The quantitative estimate of drug-likeness (QED) is 0.530. The standard InChI is InChI=1S/C7H6N2O/c10-7-3-1-2-6-5(7)4-8-9-6/h1-4,7,10H/t7-/m0/s1. The third-order valence-corrected chi connectivity index (χ3v) is 1.52. The molecular weight excluding hydrogens is 128 g/mol. The van der Waals surface area contributed by atoms with E-state index in [9.17, 15) is 5.11 Å². The molecule has 0 saturated heterocycles. The van der Waals surface area contributed by atoms with E-state index in [0.717, 1.165) is 11.3 Å². The summed E-state index contributed by atoms with van der Waals surface area (Å²) in [6.45, 7) is 0. The third kappa shape index (κ3) is 0.642. The lowest BCUT2D eigenvalue weighted by Crippen LogP contribution is -2.08. The highest BCUT2D eigenvalue weighted by atomic mass is 16.3. The highest BCUT2D eigenvalue weighted by Crippen LogP contribution is 2.25. The van der Waals surface area contributed by atoms with Crippen LogP contribution in [-0.2, 0) is 0 Å². The van der Waals surface area contributed by atoms with Crippen LogP contribution in [-0.4, -0.2) is 11.2 Å².